The van der Waals surface area contributed by atoms with Crippen LogP contribution in [0.3, 0.4) is 0 Å². The van der Waals surface area contributed by atoms with Crippen molar-refractivity contribution in [1.82, 2.24) is 0 Å². The topological polar surface area (TPSA) is 58.6 Å². The van der Waals surface area contributed by atoms with Crippen LogP contribution < -0.4 is 10.2 Å². The Hall–Kier alpha value is -2.48. The summed E-state index contributed by atoms with van der Waals surface area (Å²) in [7, 11) is 1.34. The normalized spacial score (nSPS) is 12.9. The lowest BCUT2D eigenvalue weighted by molar-refractivity contribution is 0.0601. The number of benzene rings is 2. The summed E-state index contributed by atoms with van der Waals surface area (Å²) in [5.74, 6) is 0.293. The molecule has 1 aliphatic rings. The van der Waals surface area contributed by atoms with Crippen LogP contribution in [0.5, 0.6) is 0 Å². The molecule has 2 aromatic carbocycles. The van der Waals surface area contributed by atoms with Gasteiger partial charge in [0.2, 0.25) is 0 Å². The van der Waals surface area contributed by atoms with Gasteiger partial charge in [0.05, 0.1) is 18.4 Å². The summed E-state index contributed by atoms with van der Waals surface area (Å²) in [6, 6.07) is 13.6. The van der Waals surface area contributed by atoms with Crippen molar-refractivity contribution in [2.45, 2.75) is 25.3 Å². The molecule has 1 amide bonds. The summed E-state index contributed by atoms with van der Waals surface area (Å²) in [5, 5.41) is 4.15. The summed E-state index contributed by atoms with van der Waals surface area (Å²) in [4.78, 5) is 29.7. The molecule has 1 N–H and O–H groups in total. The highest BCUT2D eigenvalue weighted by atomic mass is 35.5. The standard InChI is InChI=1S/C24H23ClN2O3S2/c1-14-15(2)32-23(21(14)24(29)30-3)26-22(28)17-6-9-20-19(12-17)27(10-11-31-20)13-16-4-7-18(25)8-5-16/h4-9,12H,10-11,13H2,1-3H3,(H,26,28). The van der Waals surface area contributed by atoms with Crippen molar-refractivity contribution in [3.05, 3.63) is 74.6 Å². The van der Waals surface area contributed by atoms with E-state index in [-0.39, 0.29) is 5.91 Å². The number of methoxy groups -OCH3 is 1. The number of anilines is 2. The zero-order valence-electron chi connectivity index (χ0n) is 18.0. The molecule has 0 saturated heterocycles. The van der Waals surface area contributed by atoms with Crippen molar-refractivity contribution in [2.75, 3.05) is 29.6 Å². The van der Waals surface area contributed by atoms with Gasteiger partial charge < -0.3 is 15.0 Å². The summed E-state index contributed by atoms with van der Waals surface area (Å²) < 4.78 is 4.91. The van der Waals surface area contributed by atoms with Gasteiger partial charge in [-0.25, -0.2) is 4.79 Å². The molecule has 32 heavy (non-hydrogen) atoms. The fraction of sp³-hybridized carbons (Fsp3) is 0.250. The average molecular weight is 487 g/mol. The number of carbonyl (C=O) groups is 2. The minimum absolute atomic E-state index is 0.249. The first-order valence-electron chi connectivity index (χ1n) is 10.1. The first-order valence-corrected chi connectivity index (χ1v) is 12.3. The quantitative estimate of drug-likeness (QED) is 0.437. The van der Waals surface area contributed by atoms with Gasteiger partial charge in [0.15, 0.2) is 0 Å². The number of hydrogen-bond donors (Lipinski definition) is 1. The van der Waals surface area contributed by atoms with Crippen LogP contribution in [0, 0.1) is 13.8 Å². The van der Waals surface area contributed by atoms with E-state index >= 15 is 0 Å². The summed E-state index contributed by atoms with van der Waals surface area (Å²) in [6.45, 7) is 5.41. The first kappa shape index (κ1) is 22.7. The molecular weight excluding hydrogens is 464 g/mol. The molecule has 0 aliphatic carbocycles. The number of fused-ring (bicyclic) bond motifs is 1. The summed E-state index contributed by atoms with van der Waals surface area (Å²) in [6.07, 6.45) is 0. The predicted molar refractivity (Wildman–Crippen MR) is 133 cm³/mol. The lowest BCUT2D eigenvalue weighted by Gasteiger charge is -2.31. The van der Waals surface area contributed by atoms with E-state index in [0.29, 0.717) is 21.2 Å². The Kier molecular flexibility index (Phi) is 6.79. The lowest BCUT2D eigenvalue weighted by Crippen LogP contribution is -2.29. The fourth-order valence-corrected chi connectivity index (χ4v) is 5.83. The number of thioether (sulfide) groups is 1. The van der Waals surface area contributed by atoms with Crippen LogP contribution in [0.4, 0.5) is 10.7 Å². The van der Waals surface area contributed by atoms with Crippen molar-refractivity contribution in [3.63, 3.8) is 0 Å². The van der Waals surface area contributed by atoms with E-state index in [2.05, 4.69) is 10.2 Å². The largest absolute Gasteiger partial charge is 0.465 e. The van der Waals surface area contributed by atoms with Crippen LogP contribution in [0.15, 0.2) is 47.4 Å². The highest BCUT2D eigenvalue weighted by molar-refractivity contribution is 7.99. The zero-order valence-corrected chi connectivity index (χ0v) is 20.4. The second-order valence-corrected chi connectivity index (χ2v) is 10.3. The molecule has 0 bridgehead atoms. The second-order valence-electron chi connectivity index (χ2n) is 7.51. The third-order valence-electron chi connectivity index (χ3n) is 5.47. The number of ether oxygens (including phenoxy) is 1. The van der Waals surface area contributed by atoms with Crippen LogP contribution in [-0.2, 0) is 11.3 Å². The molecule has 8 heteroatoms. The van der Waals surface area contributed by atoms with E-state index in [4.69, 9.17) is 16.3 Å². The van der Waals surface area contributed by atoms with Crippen LogP contribution in [0.1, 0.15) is 36.7 Å². The number of aryl methyl sites for hydroxylation is 1. The molecular formula is C24H23ClN2O3S2. The molecule has 0 atom stereocenters. The van der Waals surface area contributed by atoms with Crippen molar-refractivity contribution in [1.29, 1.82) is 0 Å². The highest BCUT2D eigenvalue weighted by Crippen LogP contribution is 2.37. The van der Waals surface area contributed by atoms with E-state index in [9.17, 15) is 9.59 Å². The number of nitrogens with one attached hydrogen (secondary N) is 1. The van der Waals surface area contributed by atoms with Gasteiger partial charge in [-0.3, -0.25) is 4.79 Å². The molecule has 3 aromatic rings. The van der Waals surface area contributed by atoms with Gasteiger partial charge in [0.1, 0.15) is 5.00 Å². The second kappa shape index (κ2) is 9.57. The maximum Gasteiger partial charge on any atom is 0.341 e. The third-order valence-corrected chi connectivity index (χ3v) is 7.89. The molecule has 166 valence electrons. The summed E-state index contributed by atoms with van der Waals surface area (Å²) >= 11 is 9.19. The van der Waals surface area contributed by atoms with Crippen molar-refractivity contribution >= 4 is 57.3 Å². The van der Waals surface area contributed by atoms with Crippen LogP contribution in [-0.4, -0.2) is 31.3 Å². The van der Waals surface area contributed by atoms with Gasteiger partial charge in [-0.05, 0) is 55.3 Å². The Balaban J connectivity index is 1.59. The number of esters is 1. The molecule has 5 nitrogen and oxygen atoms in total. The van der Waals surface area contributed by atoms with E-state index < -0.39 is 5.97 Å². The van der Waals surface area contributed by atoms with Crippen LogP contribution >= 0.6 is 34.7 Å². The number of rotatable bonds is 5. The molecule has 0 radical (unpaired) electrons. The van der Waals surface area contributed by atoms with Gasteiger partial charge in [-0.1, -0.05) is 23.7 Å². The first-order chi connectivity index (χ1) is 15.4. The highest BCUT2D eigenvalue weighted by Gasteiger charge is 2.24. The number of nitrogens with zero attached hydrogens (tertiary/aromatic N) is 1. The van der Waals surface area contributed by atoms with Gasteiger partial charge in [0.25, 0.3) is 5.91 Å². The molecule has 0 spiro atoms. The maximum atomic E-state index is 13.1. The number of carbonyl (C=O) groups excluding carboxylic acids is 2. The zero-order chi connectivity index (χ0) is 22.8. The molecule has 2 heterocycles. The van der Waals surface area contributed by atoms with Gasteiger partial charge >= 0.3 is 5.97 Å². The Bertz CT molecular complexity index is 1170. The smallest absolute Gasteiger partial charge is 0.341 e. The van der Waals surface area contributed by atoms with Gasteiger partial charge in [-0.2, -0.15) is 0 Å². The lowest BCUT2D eigenvalue weighted by atomic mass is 10.1. The Morgan fingerprint density at radius 1 is 1.16 bits per heavy atom. The van der Waals surface area contributed by atoms with E-state index in [0.717, 1.165) is 45.4 Å². The molecule has 1 aliphatic heterocycles. The van der Waals surface area contributed by atoms with Crippen LogP contribution in [0.25, 0.3) is 0 Å². The number of amides is 1. The molecule has 0 fully saturated rings. The van der Waals surface area contributed by atoms with E-state index in [1.807, 2.05) is 56.3 Å². The summed E-state index contributed by atoms with van der Waals surface area (Å²) in [5.41, 5.74) is 3.99. The Morgan fingerprint density at radius 2 is 1.91 bits per heavy atom. The molecule has 1 aromatic heterocycles. The fourth-order valence-electron chi connectivity index (χ4n) is 3.63. The van der Waals surface area contributed by atoms with Gasteiger partial charge in [-0.15, -0.1) is 23.1 Å². The third kappa shape index (κ3) is 4.65. The number of thiophene rings is 1. The van der Waals surface area contributed by atoms with Gasteiger partial charge in [0, 0.05) is 39.2 Å². The van der Waals surface area contributed by atoms with Crippen molar-refractivity contribution < 1.29 is 14.3 Å². The minimum atomic E-state index is -0.446. The van der Waals surface area contributed by atoms with Crippen LogP contribution in [0.2, 0.25) is 5.02 Å². The number of hydrogen-bond acceptors (Lipinski definition) is 6. The predicted octanol–water partition coefficient (Wildman–Crippen LogP) is 6.17. The Morgan fingerprint density at radius 3 is 2.62 bits per heavy atom. The number of halogens is 1. The van der Waals surface area contributed by atoms with Crippen molar-refractivity contribution in [3.8, 4) is 0 Å². The van der Waals surface area contributed by atoms with E-state index in [1.165, 1.54) is 18.4 Å². The van der Waals surface area contributed by atoms with E-state index in [1.54, 1.807) is 11.8 Å². The van der Waals surface area contributed by atoms with Crippen molar-refractivity contribution in [2.24, 2.45) is 0 Å². The Labute approximate surface area is 200 Å². The SMILES string of the molecule is COC(=O)c1c(NC(=O)c2ccc3c(c2)N(Cc2ccc(Cl)cc2)CCS3)sc(C)c1C. The molecule has 0 saturated carbocycles. The molecule has 0 unspecified atom stereocenters. The maximum absolute atomic E-state index is 13.1. The monoisotopic (exact) mass is 486 g/mol. The molecule has 4 rings (SSSR count). The minimum Gasteiger partial charge on any atom is -0.465 e. The average Bonchev–Trinajstić information content (AvgIpc) is 3.07.